The summed E-state index contributed by atoms with van der Waals surface area (Å²) in [4.78, 5) is 16.8. The highest BCUT2D eigenvalue weighted by molar-refractivity contribution is 6.30. The fraction of sp³-hybridized carbons (Fsp3) is 0.562. The first kappa shape index (κ1) is 16.1. The molecule has 1 N–H and O–H groups in total. The number of phenolic OH excluding ortho intramolecular Hbond substituents is 1. The van der Waals surface area contributed by atoms with E-state index in [2.05, 4.69) is 25.7 Å². The van der Waals surface area contributed by atoms with Crippen molar-refractivity contribution in [3.8, 4) is 5.75 Å². The van der Waals surface area contributed by atoms with Gasteiger partial charge < -0.3 is 10.0 Å². The van der Waals surface area contributed by atoms with E-state index in [1.54, 1.807) is 12.1 Å². The van der Waals surface area contributed by atoms with E-state index >= 15 is 0 Å². The van der Waals surface area contributed by atoms with Gasteiger partial charge in [0.2, 0.25) is 0 Å². The zero-order valence-corrected chi connectivity index (χ0v) is 13.6. The van der Waals surface area contributed by atoms with Crippen LogP contribution in [-0.2, 0) is 0 Å². The number of rotatable bonds is 3. The third-order valence-electron chi connectivity index (χ3n) is 4.14. The summed E-state index contributed by atoms with van der Waals surface area (Å²) in [6, 6.07) is 5.50. The molecule has 1 amide bonds. The number of nitrogens with zero attached hydrogens (tertiary/aromatic N) is 2. The summed E-state index contributed by atoms with van der Waals surface area (Å²) < 4.78 is 0. The van der Waals surface area contributed by atoms with E-state index in [0.29, 0.717) is 35.8 Å². The van der Waals surface area contributed by atoms with Crippen LogP contribution in [-0.4, -0.2) is 52.5 Å². The van der Waals surface area contributed by atoms with Crippen molar-refractivity contribution in [3.05, 3.63) is 28.8 Å². The van der Waals surface area contributed by atoms with Crippen LogP contribution in [0, 0.1) is 0 Å². The molecule has 0 aromatic heterocycles. The number of piperazine rings is 1. The van der Waals surface area contributed by atoms with E-state index in [4.69, 9.17) is 11.6 Å². The van der Waals surface area contributed by atoms with Crippen molar-refractivity contribution in [2.75, 3.05) is 19.6 Å². The van der Waals surface area contributed by atoms with E-state index in [1.807, 2.05) is 4.90 Å². The largest absolute Gasteiger partial charge is 0.507 e. The van der Waals surface area contributed by atoms with Gasteiger partial charge in [0.05, 0.1) is 5.56 Å². The van der Waals surface area contributed by atoms with Crippen LogP contribution in [0.5, 0.6) is 5.75 Å². The number of benzene rings is 1. The standard InChI is InChI=1S/C16H23ClN2O2/c1-4-13-10-18(7-8-19(13)11(2)3)16(21)14-6-5-12(17)9-15(14)20/h5-6,9,11,13,20H,4,7-8,10H2,1-3H3/t13-/m0/s1. The van der Waals surface area contributed by atoms with Crippen LogP contribution in [0.25, 0.3) is 0 Å². The molecule has 1 aliphatic heterocycles. The second kappa shape index (κ2) is 6.67. The van der Waals surface area contributed by atoms with Crippen molar-refractivity contribution in [1.29, 1.82) is 0 Å². The smallest absolute Gasteiger partial charge is 0.257 e. The van der Waals surface area contributed by atoms with Crippen molar-refractivity contribution in [3.63, 3.8) is 0 Å². The number of hydrogen-bond donors (Lipinski definition) is 1. The molecular formula is C16H23ClN2O2. The lowest BCUT2D eigenvalue weighted by Crippen LogP contribution is -2.56. The highest BCUT2D eigenvalue weighted by atomic mass is 35.5. The van der Waals surface area contributed by atoms with Crippen molar-refractivity contribution >= 4 is 17.5 Å². The van der Waals surface area contributed by atoms with Gasteiger partial charge >= 0.3 is 0 Å². The number of amides is 1. The van der Waals surface area contributed by atoms with Crippen molar-refractivity contribution in [2.24, 2.45) is 0 Å². The summed E-state index contributed by atoms with van der Waals surface area (Å²) in [6.45, 7) is 8.78. The van der Waals surface area contributed by atoms with Gasteiger partial charge in [-0.25, -0.2) is 0 Å². The second-order valence-electron chi connectivity index (χ2n) is 5.81. The Hall–Kier alpha value is -1.26. The van der Waals surface area contributed by atoms with Gasteiger partial charge in [0, 0.05) is 36.7 Å². The topological polar surface area (TPSA) is 43.8 Å². The first-order valence-corrected chi connectivity index (χ1v) is 7.85. The van der Waals surface area contributed by atoms with Crippen LogP contribution in [0.4, 0.5) is 0 Å². The summed E-state index contributed by atoms with van der Waals surface area (Å²) in [6.07, 6.45) is 1.01. The van der Waals surface area contributed by atoms with Gasteiger partial charge in [0.15, 0.2) is 0 Å². The Bertz CT molecular complexity index is 519. The predicted molar refractivity (Wildman–Crippen MR) is 84.9 cm³/mol. The van der Waals surface area contributed by atoms with Crippen LogP contribution >= 0.6 is 11.6 Å². The van der Waals surface area contributed by atoms with E-state index in [-0.39, 0.29) is 11.7 Å². The van der Waals surface area contributed by atoms with Crippen LogP contribution < -0.4 is 0 Å². The van der Waals surface area contributed by atoms with Crippen LogP contribution in [0.1, 0.15) is 37.6 Å². The van der Waals surface area contributed by atoms with Gasteiger partial charge in [0.25, 0.3) is 5.91 Å². The highest BCUT2D eigenvalue weighted by Gasteiger charge is 2.30. The van der Waals surface area contributed by atoms with Gasteiger partial charge in [-0.05, 0) is 38.5 Å². The SMILES string of the molecule is CC[C@H]1CN(C(=O)c2ccc(Cl)cc2O)CCN1C(C)C. The lowest BCUT2D eigenvalue weighted by molar-refractivity contribution is 0.0369. The molecule has 116 valence electrons. The van der Waals surface area contributed by atoms with Crippen molar-refractivity contribution in [1.82, 2.24) is 9.80 Å². The third-order valence-corrected chi connectivity index (χ3v) is 4.38. The monoisotopic (exact) mass is 310 g/mol. The molecule has 0 unspecified atom stereocenters. The van der Waals surface area contributed by atoms with Gasteiger partial charge in [-0.1, -0.05) is 18.5 Å². The summed E-state index contributed by atoms with van der Waals surface area (Å²) in [5.41, 5.74) is 0.326. The predicted octanol–water partition coefficient (Wildman–Crippen LogP) is 2.99. The minimum absolute atomic E-state index is 0.0492. The molecule has 0 spiro atoms. The van der Waals surface area contributed by atoms with Gasteiger partial charge in [-0.15, -0.1) is 0 Å². The first-order chi connectivity index (χ1) is 9.93. The molecule has 2 rings (SSSR count). The van der Waals surface area contributed by atoms with E-state index in [9.17, 15) is 9.90 Å². The fourth-order valence-electron chi connectivity index (χ4n) is 2.95. The Balaban J connectivity index is 2.14. The molecule has 1 heterocycles. The quantitative estimate of drug-likeness (QED) is 0.933. The molecule has 1 fully saturated rings. The fourth-order valence-corrected chi connectivity index (χ4v) is 3.12. The second-order valence-corrected chi connectivity index (χ2v) is 6.24. The molecule has 0 radical (unpaired) electrons. The molecule has 1 aliphatic rings. The molecule has 0 saturated carbocycles. The summed E-state index contributed by atoms with van der Waals surface area (Å²) in [5.74, 6) is -0.169. The number of phenols is 1. The van der Waals surface area contributed by atoms with Crippen LogP contribution in [0.2, 0.25) is 5.02 Å². The first-order valence-electron chi connectivity index (χ1n) is 7.47. The molecule has 0 aliphatic carbocycles. The maximum absolute atomic E-state index is 12.6. The van der Waals surface area contributed by atoms with E-state index in [1.165, 1.54) is 6.07 Å². The molecule has 1 saturated heterocycles. The maximum Gasteiger partial charge on any atom is 0.257 e. The molecule has 5 heteroatoms. The summed E-state index contributed by atoms with van der Waals surface area (Å²) >= 11 is 5.82. The van der Waals surface area contributed by atoms with Crippen LogP contribution in [0.3, 0.4) is 0 Å². The lowest BCUT2D eigenvalue weighted by Gasteiger charge is -2.43. The zero-order valence-electron chi connectivity index (χ0n) is 12.8. The van der Waals surface area contributed by atoms with E-state index in [0.717, 1.165) is 13.0 Å². The Morgan fingerprint density at radius 1 is 1.43 bits per heavy atom. The van der Waals surface area contributed by atoms with Gasteiger partial charge in [-0.2, -0.15) is 0 Å². The van der Waals surface area contributed by atoms with Crippen molar-refractivity contribution < 1.29 is 9.90 Å². The molecule has 1 aromatic rings. The average Bonchev–Trinajstić information content (AvgIpc) is 2.45. The Morgan fingerprint density at radius 3 is 2.71 bits per heavy atom. The molecule has 4 nitrogen and oxygen atoms in total. The number of halogens is 1. The summed E-state index contributed by atoms with van der Waals surface area (Å²) in [5, 5.41) is 10.3. The Kier molecular flexibility index (Phi) is 5.12. The Labute approximate surface area is 131 Å². The molecule has 0 bridgehead atoms. The Morgan fingerprint density at radius 2 is 2.14 bits per heavy atom. The van der Waals surface area contributed by atoms with Crippen LogP contribution in [0.15, 0.2) is 18.2 Å². The average molecular weight is 311 g/mol. The molecule has 1 atom stereocenters. The number of carbonyl (C=O) groups is 1. The highest BCUT2D eigenvalue weighted by Crippen LogP contribution is 2.25. The minimum atomic E-state index is -0.119. The third kappa shape index (κ3) is 3.50. The lowest BCUT2D eigenvalue weighted by atomic mass is 10.1. The van der Waals surface area contributed by atoms with Gasteiger partial charge in [0.1, 0.15) is 5.75 Å². The van der Waals surface area contributed by atoms with Crippen molar-refractivity contribution in [2.45, 2.75) is 39.3 Å². The molecular weight excluding hydrogens is 288 g/mol. The summed E-state index contributed by atoms with van der Waals surface area (Å²) in [7, 11) is 0. The maximum atomic E-state index is 12.6. The molecule has 1 aromatic carbocycles. The normalized spacial score (nSPS) is 20.0. The minimum Gasteiger partial charge on any atom is -0.507 e. The number of carbonyl (C=O) groups excluding carboxylic acids is 1. The van der Waals surface area contributed by atoms with Gasteiger partial charge in [-0.3, -0.25) is 9.69 Å². The zero-order chi connectivity index (χ0) is 15.6. The molecule has 21 heavy (non-hydrogen) atoms. The number of hydrogen-bond acceptors (Lipinski definition) is 3. The number of aromatic hydroxyl groups is 1. The van der Waals surface area contributed by atoms with E-state index < -0.39 is 0 Å².